The van der Waals surface area contributed by atoms with Crippen LogP contribution in [0, 0.1) is 12.8 Å². The van der Waals surface area contributed by atoms with Gasteiger partial charge in [-0.1, -0.05) is 85.8 Å². The Morgan fingerprint density at radius 2 is 1.51 bits per heavy atom. The van der Waals surface area contributed by atoms with Crippen molar-refractivity contribution >= 4 is 5.97 Å². The van der Waals surface area contributed by atoms with E-state index in [9.17, 15) is 13.6 Å². The Balaban J connectivity index is 0.000000636. The van der Waals surface area contributed by atoms with Crippen LogP contribution in [-0.4, -0.2) is 21.4 Å². The molecule has 0 amide bonds. The van der Waals surface area contributed by atoms with E-state index in [1.54, 1.807) is 12.1 Å². The summed E-state index contributed by atoms with van der Waals surface area (Å²) in [5, 5.41) is 4.42. The maximum absolute atomic E-state index is 13.2. The molecule has 6 heteroatoms. The first-order valence-corrected chi connectivity index (χ1v) is 13.8. The molecule has 1 aromatic heterocycles. The third-order valence-electron chi connectivity index (χ3n) is 5.56. The van der Waals surface area contributed by atoms with Crippen molar-refractivity contribution in [2.45, 2.75) is 132 Å². The van der Waals surface area contributed by atoms with Crippen molar-refractivity contribution in [3.8, 4) is 5.69 Å². The highest BCUT2D eigenvalue weighted by molar-refractivity contribution is 5.70. The molecular weight excluding hydrogens is 470 g/mol. The Hall–Kier alpha value is -2.24. The van der Waals surface area contributed by atoms with Crippen LogP contribution in [0.5, 0.6) is 0 Å². The Bertz CT molecular complexity index is 889. The summed E-state index contributed by atoms with van der Waals surface area (Å²) >= 11 is 0. The minimum Gasteiger partial charge on any atom is -0.460 e. The van der Waals surface area contributed by atoms with Gasteiger partial charge < -0.3 is 4.74 Å². The highest BCUT2D eigenvalue weighted by Crippen LogP contribution is 2.28. The average Bonchev–Trinajstić information content (AvgIpc) is 3.18. The van der Waals surface area contributed by atoms with Crippen molar-refractivity contribution in [1.82, 2.24) is 9.78 Å². The van der Waals surface area contributed by atoms with Gasteiger partial charge in [0.15, 0.2) is 0 Å². The van der Waals surface area contributed by atoms with Gasteiger partial charge in [-0.15, -0.1) is 0 Å². The summed E-state index contributed by atoms with van der Waals surface area (Å²) < 4.78 is 33.4. The molecule has 0 fully saturated rings. The van der Waals surface area contributed by atoms with Crippen molar-refractivity contribution in [2.24, 2.45) is 5.92 Å². The van der Waals surface area contributed by atoms with E-state index in [1.807, 2.05) is 38.4 Å². The zero-order valence-electron chi connectivity index (χ0n) is 25.3. The van der Waals surface area contributed by atoms with E-state index in [0.29, 0.717) is 18.3 Å². The minimum atomic E-state index is -2.81. The molecule has 1 heterocycles. The standard InChI is InChI=1S/C15H18F2N2.C12H24O2.C4H10/c1-10(2)14-9-11(3)18-19(14)13-7-5-12(6-8-13)15(4,16)17;1-6-7-8-10(2)9-11(13)14-12(3,4)5;1-3-4-2/h5-10H,1-4H3;10H,6-9H2,1-5H3;3-4H2,1-2H3. The number of hydrogen-bond acceptors (Lipinski definition) is 3. The molecule has 0 aliphatic rings. The summed E-state index contributed by atoms with van der Waals surface area (Å²) in [5.41, 5.74) is 2.49. The predicted molar refractivity (Wildman–Crippen MR) is 152 cm³/mol. The van der Waals surface area contributed by atoms with Crippen molar-refractivity contribution in [2.75, 3.05) is 0 Å². The topological polar surface area (TPSA) is 44.1 Å². The van der Waals surface area contributed by atoms with Crippen LogP contribution in [0.4, 0.5) is 8.78 Å². The molecule has 1 unspecified atom stereocenters. The van der Waals surface area contributed by atoms with Gasteiger partial charge in [0.05, 0.1) is 11.4 Å². The van der Waals surface area contributed by atoms with Crippen LogP contribution < -0.4 is 0 Å². The fourth-order valence-corrected chi connectivity index (χ4v) is 3.36. The molecule has 1 atom stereocenters. The number of alkyl halides is 2. The molecule has 0 saturated heterocycles. The molecule has 0 aliphatic heterocycles. The molecule has 4 nitrogen and oxygen atoms in total. The van der Waals surface area contributed by atoms with E-state index in [0.717, 1.165) is 30.4 Å². The first-order chi connectivity index (χ1) is 17.0. The molecule has 0 spiro atoms. The molecule has 212 valence electrons. The summed E-state index contributed by atoms with van der Waals surface area (Å²) in [6.07, 6.45) is 6.70. The van der Waals surface area contributed by atoms with Crippen molar-refractivity contribution in [1.29, 1.82) is 0 Å². The normalized spacial score (nSPS) is 12.3. The Labute approximate surface area is 225 Å². The molecule has 37 heavy (non-hydrogen) atoms. The zero-order valence-corrected chi connectivity index (χ0v) is 25.3. The molecule has 1 aromatic carbocycles. The maximum Gasteiger partial charge on any atom is 0.306 e. The number of unbranched alkanes of at least 4 members (excludes halogenated alkanes) is 2. The van der Waals surface area contributed by atoms with Crippen molar-refractivity contribution in [3.05, 3.63) is 47.3 Å². The van der Waals surface area contributed by atoms with Gasteiger partial charge in [0.1, 0.15) is 5.60 Å². The number of hydrogen-bond donors (Lipinski definition) is 0. The number of benzene rings is 1. The lowest BCUT2D eigenvalue weighted by molar-refractivity contribution is -0.155. The number of nitrogens with zero attached hydrogens (tertiary/aromatic N) is 2. The fourth-order valence-electron chi connectivity index (χ4n) is 3.36. The van der Waals surface area contributed by atoms with E-state index in [-0.39, 0.29) is 17.1 Å². The summed E-state index contributed by atoms with van der Waals surface area (Å²) in [7, 11) is 0. The predicted octanol–water partition coefficient (Wildman–Crippen LogP) is 9.77. The molecular formula is C31H52F2N2O2. The van der Waals surface area contributed by atoms with Gasteiger partial charge >= 0.3 is 5.97 Å². The number of aryl methyl sites for hydroxylation is 1. The number of carbonyl (C=O) groups excluding carboxylic acids is 1. The minimum absolute atomic E-state index is 0.0197. The Morgan fingerprint density at radius 3 is 1.92 bits per heavy atom. The Morgan fingerprint density at radius 1 is 0.973 bits per heavy atom. The number of halogens is 2. The third-order valence-corrected chi connectivity index (χ3v) is 5.56. The van der Waals surface area contributed by atoms with Crippen LogP contribution in [0.2, 0.25) is 0 Å². The van der Waals surface area contributed by atoms with Gasteiger partial charge in [0.25, 0.3) is 5.92 Å². The molecule has 2 aromatic rings. The van der Waals surface area contributed by atoms with Crippen LogP contribution in [0.15, 0.2) is 30.3 Å². The largest absolute Gasteiger partial charge is 0.460 e. The van der Waals surface area contributed by atoms with Gasteiger partial charge in [0, 0.05) is 24.6 Å². The van der Waals surface area contributed by atoms with Crippen LogP contribution in [0.25, 0.3) is 5.69 Å². The summed E-state index contributed by atoms with van der Waals surface area (Å²) in [6.45, 7) is 21.4. The van der Waals surface area contributed by atoms with E-state index >= 15 is 0 Å². The highest BCUT2D eigenvalue weighted by atomic mass is 19.3. The monoisotopic (exact) mass is 522 g/mol. The van der Waals surface area contributed by atoms with Crippen LogP contribution >= 0.6 is 0 Å². The maximum atomic E-state index is 13.2. The first-order valence-electron chi connectivity index (χ1n) is 13.8. The molecule has 0 saturated carbocycles. The van der Waals surface area contributed by atoms with Crippen molar-refractivity contribution < 1.29 is 18.3 Å². The summed E-state index contributed by atoms with van der Waals surface area (Å²) in [5.74, 6) is -2.10. The Kier molecular flexibility index (Phi) is 15.6. The number of aromatic nitrogens is 2. The van der Waals surface area contributed by atoms with E-state index in [1.165, 1.54) is 37.8 Å². The van der Waals surface area contributed by atoms with E-state index in [2.05, 4.69) is 46.6 Å². The molecule has 2 rings (SSSR count). The molecule has 0 N–H and O–H groups in total. The summed E-state index contributed by atoms with van der Waals surface area (Å²) in [6, 6.07) is 8.30. The van der Waals surface area contributed by atoms with Gasteiger partial charge in [0.2, 0.25) is 0 Å². The highest BCUT2D eigenvalue weighted by Gasteiger charge is 2.24. The lowest BCUT2D eigenvalue weighted by Crippen LogP contribution is -2.24. The fraction of sp³-hybridized carbons (Fsp3) is 0.677. The molecule has 0 radical (unpaired) electrons. The quantitative estimate of drug-likeness (QED) is 0.308. The van der Waals surface area contributed by atoms with Gasteiger partial charge in [-0.25, -0.2) is 13.5 Å². The smallest absolute Gasteiger partial charge is 0.306 e. The molecule has 0 bridgehead atoms. The number of ether oxygens (including phenoxy) is 1. The number of esters is 1. The van der Waals surface area contributed by atoms with E-state index < -0.39 is 5.92 Å². The van der Waals surface area contributed by atoms with Gasteiger partial charge in [-0.3, -0.25) is 4.79 Å². The van der Waals surface area contributed by atoms with Crippen molar-refractivity contribution in [3.63, 3.8) is 0 Å². The third kappa shape index (κ3) is 14.9. The van der Waals surface area contributed by atoms with Crippen LogP contribution in [-0.2, 0) is 15.5 Å². The zero-order chi connectivity index (χ0) is 28.8. The summed E-state index contributed by atoms with van der Waals surface area (Å²) in [4.78, 5) is 11.4. The second kappa shape index (κ2) is 16.6. The average molecular weight is 523 g/mol. The van der Waals surface area contributed by atoms with Gasteiger partial charge in [-0.05, 0) is 57.7 Å². The van der Waals surface area contributed by atoms with Gasteiger partial charge in [-0.2, -0.15) is 5.10 Å². The first kappa shape index (κ1) is 34.8. The number of carbonyl (C=O) groups is 1. The lowest BCUT2D eigenvalue weighted by atomic mass is 10.0. The molecule has 0 aliphatic carbocycles. The lowest BCUT2D eigenvalue weighted by Gasteiger charge is -2.20. The van der Waals surface area contributed by atoms with E-state index in [4.69, 9.17) is 4.74 Å². The number of rotatable bonds is 9. The van der Waals surface area contributed by atoms with Crippen LogP contribution in [0.1, 0.15) is 131 Å². The second-order valence-electron chi connectivity index (χ2n) is 11.3. The van der Waals surface area contributed by atoms with Crippen LogP contribution in [0.3, 0.4) is 0 Å². The SMILES string of the molecule is CCCC.CCCCC(C)CC(=O)OC(C)(C)C.Cc1cc(C(C)C)n(-c2ccc(C(C)(F)F)cc2)n1. The second-order valence-corrected chi connectivity index (χ2v) is 11.3.